The van der Waals surface area contributed by atoms with Crippen molar-refractivity contribution in [3.63, 3.8) is 0 Å². The number of halogens is 1. The summed E-state index contributed by atoms with van der Waals surface area (Å²) in [4.78, 5) is 33.1. The van der Waals surface area contributed by atoms with Gasteiger partial charge in [0.05, 0.1) is 31.2 Å². The van der Waals surface area contributed by atoms with Crippen LogP contribution in [0.1, 0.15) is 21.8 Å². The van der Waals surface area contributed by atoms with Crippen LogP contribution in [0.5, 0.6) is 0 Å². The largest absolute Gasteiger partial charge is 0.459 e. The SMILES string of the molecule is O=C1CN(C(=O)c2ccco2)CC(OCc2ccccc2F)CN1Cc1ccccn1. The molecular formula is C23H22FN3O4. The molecule has 1 fully saturated rings. The van der Waals surface area contributed by atoms with Gasteiger partial charge in [-0.1, -0.05) is 24.3 Å². The molecule has 1 aromatic carbocycles. The van der Waals surface area contributed by atoms with Gasteiger partial charge in [-0.2, -0.15) is 0 Å². The summed E-state index contributed by atoms with van der Waals surface area (Å²) in [5, 5.41) is 0. The second-order valence-corrected chi connectivity index (χ2v) is 7.28. The smallest absolute Gasteiger partial charge is 0.290 e. The van der Waals surface area contributed by atoms with E-state index in [-0.39, 0.29) is 43.7 Å². The molecule has 31 heavy (non-hydrogen) atoms. The second-order valence-electron chi connectivity index (χ2n) is 7.28. The summed E-state index contributed by atoms with van der Waals surface area (Å²) in [5.74, 6) is -0.819. The third-order valence-corrected chi connectivity index (χ3v) is 5.06. The van der Waals surface area contributed by atoms with E-state index < -0.39 is 12.0 Å². The number of rotatable bonds is 6. The normalized spacial score (nSPS) is 16.9. The van der Waals surface area contributed by atoms with Crippen LogP contribution in [0.25, 0.3) is 0 Å². The van der Waals surface area contributed by atoms with Crippen molar-refractivity contribution in [1.82, 2.24) is 14.8 Å². The number of pyridine rings is 1. The minimum atomic E-state index is -0.506. The van der Waals surface area contributed by atoms with Crippen molar-refractivity contribution in [2.24, 2.45) is 0 Å². The zero-order chi connectivity index (χ0) is 21.6. The fourth-order valence-corrected chi connectivity index (χ4v) is 3.46. The molecule has 1 unspecified atom stereocenters. The Morgan fingerprint density at radius 3 is 2.71 bits per heavy atom. The maximum absolute atomic E-state index is 14.0. The molecule has 160 valence electrons. The average Bonchev–Trinajstić information content (AvgIpc) is 3.27. The lowest BCUT2D eigenvalue weighted by molar-refractivity contribution is -0.132. The van der Waals surface area contributed by atoms with Crippen LogP contribution in [0.3, 0.4) is 0 Å². The topological polar surface area (TPSA) is 75.9 Å². The number of benzene rings is 1. The van der Waals surface area contributed by atoms with Gasteiger partial charge in [0.15, 0.2) is 5.76 Å². The van der Waals surface area contributed by atoms with E-state index in [2.05, 4.69) is 4.98 Å². The van der Waals surface area contributed by atoms with Crippen LogP contribution in [0.15, 0.2) is 71.5 Å². The molecule has 0 spiro atoms. The molecule has 0 saturated carbocycles. The first-order valence-corrected chi connectivity index (χ1v) is 9.95. The summed E-state index contributed by atoms with van der Waals surface area (Å²) in [6.45, 7) is 0.657. The third-order valence-electron chi connectivity index (χ3n) is 5.06. The Bertz CT molecular complexity index is 1030. The molecule has 3 heterocycles. The zero-order valence-electron chi connectivity index (χ0n) is 16.8. The molecule has 0 radical (unpaired) electrons. The standard InChI is InChI=1S/C23H22FN3O4/c24-20-8-2-1-6-17(20)16-31-19-13-26(12-18-7-3-4-10-25-18)22(28)15-27(14-19)23(29)21-9-5-11-30-21/h1-11,19H,12-16H2. The van der Waals surface area contributed by atoms with E-state index in [0.717, 1.165) is 5.69 Å². The molecule has 0 aliphatic carbocycles. The van der Waals surface area contributed by atoms with Gasteiger partial charge in [0, 0.05) is 24.8 Å². The highest BCUT2D eigenvalue weighted by atomic mass is 19.1. The van der Waals surface area contributed by atoms with E-state index in [1.54, 1.807) is 47.5 Å². The maximum atomic E-state index is 14.0. The Kier molecular flexibility index (Phi) is 6.37. The van der Waals surface area contributed by atoms with Gasteiger partial charge in [0.2, 0.25) is 5.91 Å². The maximum Gasteiger partial charge on any atom is 0.290 e. The summed E-state index contributed by atoms with van der Waals surface area (Å²) in [7, 11) is 0. The highest BCUT2D eigenvalue weighted by molar-refractivity contribution is 5.94. The number of amides is 2. The zero-order valence-corrected chi connectivity index (χ0v) is 16.8. The summed E-state index contributed by atoms with van der Waals surface area (Å²) in [6.07, 6.45) is 2.57. The van der Waals surface area contributed by atoms with Gasteiger partial charge in [0.1, 0.15) is 12.4 Å². The van der Waals surface area contributed by atoms with E-state index in [1.807, 2.05) is 12.1 Å². The molecule has 1 atom stereocenters. The first-order valence-electron chi connectivity index (χ1n) is 9.95. The van der Waals surface area contributed by atoms with Crippen molar-refractivity contribution in [3.8, 4) is 0 Å². The molecule has 0 N–H and O–H groups in total. The minimum Gasteiger partial charge on any atom is -0.459 e. The fourth-order valence-electron chi connectivity index (χ4n) is 3.46. The monoisotopic (exact) mass is 423 g/mol. The van der Waals surface area contributed by atoms with Crippen LogP contribution >= 0.6 is 0 Å². The van der Waals surface area contributed by atoms with Gasteiger partial charge < -0.3 is 19.0 Å². The van der Waals surface area contributed by atoms with E-state index in [1.165, 1.54) is 17.2 Å². The molecule has 8 heteroatoms. The van der Waals surface area contributed by atoms with Crippen LogP contribution in [-0.4, -0.2) is 52.3 Å². The summed E-state index contributed by atoms with van der Waals surface area (Å²) in [5.41, 5.74) is 1.15. The van der Waals surface area contributed by atoms with Gasteiger partial charge in [-0.15, -0.1) is 0 Å². The molecule has 4 rings (SSSR count). The van der Waals surface area contributed by atoms with Gasteiger partial charge in [-0.3, -0.25) is 14.6 Å². The lowest BCUT2D eigenvalue weighted by Crippen LogP contribution is -2.39. The van der Waals surface area contributed by atoms with E-state index in [9.17, 15) is 14.0 Å². The van der Waals surface area contributed by atoms with Crippen molar-refractivity contribution in [1.29, 1.82) is 0 Å². The number of ether oxygens (including phenoxy) is 1. The predicted octanol–water partition coefficient (Wildman–Crippen LogP) is 2.88. The molecule has 2 amide bonds. The highest BCUT2D eigenvalue weighted by Crippen LogP contribution is 2.17. The molecule has 3 aromatic rings. The van der Waals surface area contributed by atoms with Crippen LogP contribution < -0.4 is 0 Å². The molecule has 7 nitrogen and oxygen atoms in total. The van der Waals surface area contributed by atoms with Crippen molar-refractivity contribution in [3.05, 3.63) is 89.9 Å². The van der Waals surface area contributed by atoms with Gasteiger partial charge in [0.25, 0.3) is 5.91 Å². The second kappa shape index (κ2) is 9.53. The van der Waals surface area contributed by atoms with Crippen LogP contribution in [-0.2, 0) is 22.7 Å². The van der Waals surface area contributed by atoms with Crippen molar-refractivity contribution in [2.75, 3.05) is 19.6 Å². The van der Waals surface area contributed by atoms with Crippen LogP contribution in [0.4, 0.5) is 4.39 Å². The Balaban J connectivity index is 1.53. The lowest BCUT2D eigenvalue weighted by Gasteiger charge is -2.24. The molecule has 1 aliphatic heterocycles. The number of carbonyl (C=O) groups is 2. The summed E-state index contributed by atoms with van der Waals surface area (Å²) >= 11 is 0. The van der Waals surface area contributed by atoms with Crippen molar-refractivity contribution < 1.29 is 23.1 Å². The van der Waals surface area contributed by atoms with Crippen LogP contribution in [0, 0.1) is 5.82 Å². The molecule has 1 saturated heterocycles. The number of furan rings is 1. The number of hydrogen-bond donors (Lipinski definition) is 0. The Morgan fingerprint density at radius 2 is 1.97 bits per heavy atom. The average molecular weight is 423 g/mol. The summed E-state index contributed by atoms with van der Waals surface area (Å²) < 4.78 is 25.2. The fraction of sp³-hybridized carbons (Fsp3) is 0.261. The van der Waals surface area contributed by atoms with E-state index in [0.29, 0.717) is 12.1 Å². The Labute approximate surface area is 179 Å². The minimum absolute atomic E-state index is 0.0335. The van der Waals surface area contributed by atoms with E-state index in [4.69, 9.17) is 9.15 Å². The van der Waals surface area contributed by atoms with Gasteiger partial charge in [-0.05, 0) is 30.3 Å². The van der Waals surface area contributed by atoms with E-state index >= 15 is 0 Å². The summed E-state index contributed by atoms with van der Waals surface area (Å²) in [6, 6.07) is 15.0. The first-order chi connectivity index (χ1) is 15.1. The number of carbonyl (C=O) groups excluding carboxylic acids is 2. The molecular weight excluding hydrogens is 401 g/mol. The van der Waals surface area contributed by atoms with Gasteiger partial charge >= 0.3 is 0 Å². The quantitative estimate of drug-likeness (QED) is 0.610. The predicted molar refractivity (Wildman–Crippen MR) is 109 cm³/mol. The van der Waals surface area contributed by atoms with Crippen molar-refractivity contribution in [2.45, 2.75) is 19.3 Å². The lowest BCUT2D eigenvalue weighted by atomic mass is 10.2. The molecule has 1 aliphatic rings. The number of nitrogens with zero attached hydrogens (tertiary/aromatic N) is 3. The molecule has 2 aromatic heterocycles. The Hall–Kier alpha value is -3.52. The van der Waals surface area contributed by atoms with Crippen LogP contribution in [0.2, 0.25) is 0 Å². The number of hydrogen-bond acceptors (Lipinski definition) is 5. The highest BCUT2D eigenvalue weighted by Gasteiger charge is 2.32. The first kappa shape index (κ1) is 20.7. The third kappa shape index (κ3) is 5.16. The molecule has 0 bridgehead atoms. The van der Waals surface area contributed by atoms with Gasteiger partial charge in [-0.25, -0.2) is 4.39 Å². The Morgan fingerprint density at radius 1 is 1.13 bits per heavy atom. The van der Waals surface area contributed by atoms with Crippen molar-refractivity contribution >= 4 is 11.8 Å². The number of aromatic nitrogens is 1.